The molecule has 0 radical (unpaired) electrons. The third-order valence-electron chi connectivity index (χ3n) is 6.18. The second-order valence-corrected chi connectivity index (χ2v) is 11.6. The number of hydrogen-bond acceptors (Lipinski definition) is 11. The predicted molar refractivity (Wildman–Crippen MR) is 132 cm³/mol. The van der Waals surface area contributed by atoms with Crippen molar-refractivity contribution >= 4 is 37.5 Å². The maximum Gasteiger partial charge on any atom is 0.324 e. The molecular weight excluding hydrogens is 488 g/mol. The van der Waals surface area contributed by atoms with Gasteiger partial charge in [-0.3, -0.25) is 0 Å². The van der Waals surface area contributed by atoms with Crippen LogP contribution in [0.2, 0.25) is 0 Å². The molecule has 0 N–H and O–H groups in total. The smallest absolute Gasteiger partial charge is 0.324 e. The van der Waals surface area contributed by atoms with Crippen LogP contribution in [0.1, 0.15) is 32.5 Å². The Labute approximate surface area is 207 Å². The Morgan fingerprint density at radius 1 is 1.17 bits per heavy atom. The van der Waals surface area contributed by atoms with Crippen LogP contribution in [0.3, 0.4) is 0 Å². The van der Waals surface area contributed by atoms with E-state index in [-0.39, 0.29) is 11.1 Å². The van der Waals surface area contributed by atoms with Crippen molar-refractivity contribution in [2.24, 2.45) is 5.92 Å². The van der Waals surface area contributed by atoms with E-state index in [1.807, 2.05) is 19.1 Å². The third kappa shape index (κ3) is 5.13. The molecular formula is C23H26N6O4S2. The number of anilines is 1. The molecule has 1 aliphatic rings. The molecule has 184 valence electrons. The standard InChI is InChI=1S/C23H26N6O4S2/c1-4-19-27-22(33-28-19)29-11-9-15(10-12-29)14(2)32-23-26-18-7-6-17(25-21(18)34-23)16-5-8-20(24-13-16)35(3,30)31/h5-8,13-15H,4,9-12H2,1-3H3. The van der Waals surface area contributed by atoms with Crippen LogP contribution in [-0.2, 0) is 16.3 Å². The topological polar surface area (TPSA) is 124 Å². The number of aryl methyl sites for hydroxylation is 1. The summed E-state index contributed by atoms with van der Waals surface area (Å²) in [5, 5.41) is 4.62. The van der Waals surface area contributed by atoms with Crippen molar-refractivity contribution in [3.8, 4) is 16.5 Å². The van der Waals surface area contributed by atoms with E-state index in [1.54, 1.807) is 6.07 Å². The van der Waals surface area contributed by atoms with Crippen LogP contribution in [-0.4, -0.2) is 59.0 Å². The summed E-state index contributed by atoms with van der Waals surface area (Å²) in [7, 11) is -3.34. The summed E-state index contributed by atoms with van der Waals surface area (Å²) in [4.78, 5) is 20.7. The first-order valence-electron chi connectivity index (χ1n) is 11.5. The SMILES string of the molecule is CCc1noc(N2CCC(C(C)Oc3nc4ccc(-c5ccc(S(C)(=O)=O)nc5)nc4s3)CC2)n1. The Hall–Kier alpha value is -3.12. The first kappa shape index (κ1) is 23.6. The number of fused-ring (bicyclic) bond motifs is 1. The van der Waals surface area contributed by atoms with Gasteiger partial charge in [-0.1, -0.05) is 23.4 Å². The molecule has 0 bridgehead atoms. The summed E-state index contributed by atoms with van der Waals surface area (Å²) in [5.41, 5.74) is 2.20. The molecule has 0 saturated carbocycles. The third-order valence-corrected chi connectivity index (χ3v) is 8.04. The fraction of sp³-hybridized carbons (Fsp3) is 0.435. The van der Waals surface area contributed by atoms with E-state index >= 15 is 0 Å². The van der Waals surface area contributed by atoms with Gasteiger partial charge in [-0.2, -0.15) is 4.98 Å². The van der Waals surface area contributed by atoms with E-state index in [1.165, 1.54) is 23.6 Å². The average Bonchev–Trinajstić information content (AvgIpc) is 3.50. The van der Waals surface area contributed by atoms with Crippen LogP contribution in [0.25, 0.3) is 21.6 Å². The van der Waals surface area contributed by atoms with Crippen LogP contribution >= 0.6 is 11.3 Å². The van der Waals surface area contributed by atoms with Crippen molar-refractivity contribution in [2.45, 2.75) is 44.2 Å². The zero-order valence-corrected chi connectivity index (χ0v) is 21.3. The van der Waals surface area contributed by atoms with Gasteiger partial charge in [-0.05, 0) is 49.9 Å². The molecule has 10 nitrogen and oxygen atoms in total. The number of rotatable bonds is 7. The number of sulfone groups is 1. The van der Waals surface area contributed by atoms with Crippen LogP contribution in [0.5, 0.6) is 5.19 Å². The number of piperidine rings is 1. The minimum absolute atomic E-state index is 0.0128. The van der Waals surface area contributed by atoms with Gasteiger partial charge in [0.05, 0.1) is 5.69 Å². The summed E-state index contributed by atoms with van der Waals surface area (Å²) in [5.74, 6) is 1.13. The normalized spacial score (nSPS) is 16.0. The Morgan fingerprint density at radius 2 is 1.97 bits per heavy atom. The summed E-state index contributed by atoms with van der Waals surface area (Å²) in [6.07, 6.45) is 5.37. The highest BCUT2D eigenvalue weighted by atomic mass is 32.2. The van der Waals surface area contributed by atoms with Crippen LogP contribution in [0.15, 0.2) is 40.0 Å². The molecule has 0 spiro atoms. The van der Waals surface area contributed by atoms with E-state index in [0.717, 1.165) is 60.3 Å². The highest BCUT2D eigenvalue weighted by Gasteiger charge is 2.28. The highest BCUT2D eigenvalue weighted by molar-refractivity contribution is 7.90. The van der Waals surface area contributed by atoms with Gasteiger partial charge >= 0.3 is 6.01 Å². The molecule has 4 aromatic heterocycles. The van der Waals surface area contributed by atoms with Crippen molar-refractivity contribution in [2.75, 3.05) is 24.2 Å². The summed E-state index contributed by atoms with van der Waals surface area (Å²) >= 11 is 1.40. The van der Waals surface area contributed by atoms with E-state index in [2.05, 4.69) is 36.9 Å². The Bertz CT molecular complexity index is 1430. The maximum absolute atomic E-state index is 11.6. The van der Waals surface area contributed by atoms with Crippen LogP contribution in [0, 0.1) is 5.92 Å². The van der Waals surface area contributed by atoms with Crippen molar-refractivity contribution in [3.63, 3.8) is 0 Å². The minimum atomic E-state index is -3.34. The predicted octanol–water partition coefficient (Wildman–Crippen LogP) is 3.79. The van der Waals surface area contributed by atoms with E-state index in [4.69, 9.17) is 9.26 Å². The Kier molecular flexibility index (Phi) is 6.41. The van der Waals surface area contributed by atoms with Gasteiger partial charge in [-0.15, -0.1) is 0 Å². The van der Waals surface area contributed by atoms with Gasteiger partial charge in [0.25, 0.3) is 5.19 Å². The number of hydrogen-bond donors (Lipinski definition) is 0. The first-order chi connectivity index (χ1) is 16.8. The van der Waals surface area contributed by atoms with E-state index in [0.29, 0.717) is 22.8 Å². The molecule has 5 heterocycles. The molecule has 5 rings (SSSR count). The Balaban J connectivity index is 1.23. The molecule has 0 aromatic carbocycles. The lowest BCUT2D eigenvalue weighted by atomic mass is 9.92. The fourth-order valence-electron chi connectivity index (χ4n) is 4.09. The molecule has 1 atom stereocenters. The highest BCUT2D eigenvalue weighted by Crippen LogP contribution is 2.32. The van der Waals surface area contributed by atoms with Gasteiger partial charge in [-0.25, -0.2) is 23.4 Å². The van der Waals surface area contributed by atoms with Crippen molar-refractivity contribution in [1.82, 2.24) is 25.1 Å². The van der Waals surface area contributed by atoms with E-state index in [9.17, 15) is 8.42 Å². The van der Waals surface area contributed by atoms with Gasteiger partial charge in [0, 0.05) is 37.5 Å². The van der Waals surface area contributed by atoms with Crippen molar-refractivity contribution in [3.05, 3.63) is 36.3 Å². The summed E-state index contributed by atoms with van der Waals surface area (Å²) < 4.78 is 34.9. The van der Waals surface area contributed by atoms with Gasteiger partial charge in [0.2, 0.25) is 0 Å². The molecule has 1 aliphatic heterocycles. The minimum Gasteiger partial charge on any atom is -0.467 e. The lowest BCUT2D eigenvalue weighted by molar-refractivity contribution is 0.131. The molecule has 1 saturated heterocycles. The zero-order chi connectivity index (χ0) is 24.6. The molecule has 0 amide bonds. The number of thiazole rings is 1. The number of nitrogens with zero attached hydrogens (tertiary/aromatic N) is 6. The maximum atomic E-state index is 11.6. The quantitative estimate of drug-likeness (QED) is 0.360. The van der Waals surface area contributed by atoms with Crippen molar-refractivity contribution < 1.29 is 17.7 Å². The van der Waals surface area contributed by atoms with Crippen molar-refractivity contribution in [1.29, 1.82) is 0 Å². The average molecular weight is 515 g/mol. The lowest BCUT2D eigenvalue weighted by Crippen LogP contribution is -2.38. The number of ether oxygens (including phenoxy) is 1. The van der Waals surface area contributed by atoms with Gasteiger partial charge in [0.1, 0.15) is 16.5 Å². The summed E-state index contributed by atoms with van der Waals surface area (Å²) in [6, 6.07) is 7.55. The molecule has 12 heteroatoms. The monoisotopic (exact) mass is 514 g/mol. The molecule has 1 unspecified atom stereocenters. The molecule has 1 fully saturated rings. The second-order valence-electron chi connectivity index (χ2n) is 8.65. The number of aromatic nitrogens is 5. The Morgan fingerprint density at radius 3 is 2.63 bits per heavy atom. The molecule has 35 heavy (non-hydrogen) atoms. The van der Waals surface area contributed by atoms with Gasteiger partial charge in [0.15, 0.2) is 20.7 Å². The molecule has 0 aliphatic carbocycles. The van der Waals surface area contributed by atoms with E-state index < -0.39 is 9.84 Å². The zero-order valence-electron chi connectivity index (χ0n) is 19.7. The largest absolute Gasteiger partial charge is 0.467 e. The second kappa shape index (κ2) is 9.50. The van der Waals surface area contributed by atoms with Crippen LogP contribution in [0.4, 0.5) is 6.01 Å². The summed E-state index contributed by atoms with van der Waals surface area (Å²) in [6.45, 7) is 5.79. The van der Waals surface area contributed by atoms with Gasteiger partial charge < -0.3 is 14.2 Å². The molecule has 4 aromatic rings. The number of pyridine rings is 2. The van der Waals surface area contributed by atoms with Crippen LogP contribution < -0.4 is 9.64 Å². The lowest BCUT2D eigenvalue weighted by Gasteiger charge is -2.33. The fourth-order valence-corrected chi connectivity index (χ4v) is 5.52. The first-order valence-corrected chi connectivity index (χ1v) is 14.2.